The molecule has 0 unspecified atom stereocenters. The Hall–Kier alpha value is -1.33. The molecule has 5 nitrogen and oxygen atoms in total. The summed E-state index contributed by atoms with van der Waals surface area (Å²) < 4.78 is 10.4. The summed E-state index contributed by atoms with van der Waals surface area (Å²) in [5, 5.41) is 6.49. The number of pyridine rings is 1. The molecule has 0 aromatic carbocycles. The van der Waals surface area contributed by atoms with E-state index in [1.54, 1.807) is 13.3 Å². The van der Waals surface area contributed by atoms with Gasteiger partial charge in [-0.15, -0.1) is 0 Å². The van der Waals surface area contributed by atoms with Crippen molar-refractivity contribution in [2.45, 2.75) is 6.92 Å². The van der Waals surface area contributed by atoms with E-state index in [9.17, 15) is 0 Å². The lowest BCUT2D eigenvalue weighted by molar-refractivity contribution is 0.200. The molecule has 0 saturated heterocycles. The highest BCUT2D eigenvalue weighted by atomic mass is 16.5. The van der Waals surface area contributed by atoms with Crippen LogP contribution in [0.1, 0.15) is 6.92 Å². The number of aromatic nitrogens is 1. The number of methoxy groups -OCH3 is 1. The number of nitrogens with one attached hydrogen (secondary N) is 2. The van der Waals surface area contributed by atoms with Gasteiger partial charge in [0.05, 0.1) is 13.2 Å². The summed E-state index contributed by atoms with van der Waals surface area (Å²) in [5.41, 5.74) is 0. The summed E-state index contributed by atoms with van der Waals surface area (Å²) in [6, 6.07) is 3.78. The third kappa shape index (κ3) is 5.51. The molecule has 5 heteroatoms. The van der Waals surface area contributed by atoms with Gasteiger partial charge in [-0.25, -0.2) is 4.98 Å². The van der Waals surface area contributed by atoms with Gasteiger partial charge in [0.25, 0.3) is 0 Å². The second kappa shape index (κ2) is 8.78. The van der Waals surface area contributed by atoms with E-state index < -0.39 is 0 Å². The second-order valence-electron chi connectivity index (χ2n) is 3.45. The summed E-state index contributed by atoms with van der Waals surface area (Å²) >= 11 is 0. The Bertz CT molecular complexity index is 308. The quantitative estimate of drug-likeness (QED) is 0.633. The van der Waals surface area contributed by atoms with Gasteiger partial charge in [0, 0.05) is 32.9 Å². The Morgan fingerprint density at radius 2 is 2.18 bits per heavy atom. The van der Waals surface area contributed by atoms with Crippen LogP contribution in [0.4, 0.5) is 5.82 Å². The molecule has 0 fully saturated rings. The topological polar surface area (TPSA) is 55.4 Å². The molecule has 0 aliphatic heterocycles. The highest BCUT2D eigenvalue weighted by molar-refractivity contribution is 5.49. The van der Waals surface area contributed by atoms with Crippen molar-refractivity contribution in [3.05, 3.63) is 18.3 Å². The maximum absolute atomic E-state index is 5.47. The van der Waals surface area contributed by atoms with Crippen LogP contribution in [0.15, 0.2) is 18.3 Å². The smallest absolute Gasteiger partial charge is 0.168 e. The lowest BCUT2D eigenvalue weighted by Gasteiger charge is -2.11. The van der Waals surface area contributed by atoms with Crippen molar-refractivity contribution in [1.82, 2.24) is 10.3 Å². The predicted molar refractivity (Wildman–Crippen MR) is 68.6 cm³/mol. The van der Waals surface area contributed by atoms with Crippen LogP contribution in [0.5, 0.6) is 5.75 Å². The molecule has 17 heavy (non-hydrogen) atoms. The maximum Gasteiger partial charge on any atom is 0.168 e. The van der Waals surface area contributed by atoms with Crippen LogP contribution < -0.4 is 15.4 Å². The first-order valence-corrected chi connectivity index (χ1v) is 5.89. The lowest BCUT2D eigenvalue weighted by Crippen LogP contribution is -2.25. The third-order valence-corrected chi connectivity index (χ3v) is 2.15. The monoisotopic (exact) mass is 239 g/mol. The van der Waals surface area contributed by atoms with Crippen molar-refractivity contribution in [2.75, 3.05) is 45.3 Å². The predicted octanol–water partition coefficient (Wildman–Crippen LogP) is 1.13. The summed E-state index contributed by atoms with van der Waals surface area (Å²) in [6.45, 7) is 5.87. The van der Waals surface area contributed by atoms with E-state index in [0.717, 1.165) is 37.8 Å². The van der Waals surface area contributed by atoms with E-state index in [4.69, 9.17) is 9.47 Å². The molecule has 0 atom stereocenters. The highest BCUT2D eigenvalue weighted by Gasteiger charge is 2.01. The zero-order chi connectivity index (χ0) is 12.3. The first-order valence-electron chi connectivity index (χ1n) is 5.89. The van der Waals surface area contributed by atoms with Crippen LogP contribution in [0, 0.1) is 0 Å². The van der Waals surface area contributed by atoms with E-state index in [1.807, 2.05) is 19.1 Å². The number of ether oxygens (including phenoxy) is 2. The molecule has 0 saturated carbocycles. The van der Waals surface area contributed by atoms with E-state index in [-0.39, 0.29) is 0 Å². The minimum atomic E-state index is 0.645. The van der Waals surface area contributed by atoms with E-state index in [1.165, 1.54) is 0 Å². The molecule has 1 heterocycles. The summed E-state index contributed by atoms with van der Waals surface area (Å²) in [7, 11) is 1.70. The van der Waals surface area contributed by atoms with Gasteiger partial charge in [0.15, 0.2) is 11.6 Å². The van der Waals surface area contributed by atoms with Crippen LogP contribution in [-0.2, 0) is 4.74 Å². The number of rotatable bonds is 9. The summed E-state index contributed by atoms with van der Waals surface area (Å²) in [6.07, 6.45) is 1.75. The average molecular weight is 239 g/mol. The lowest BCUT2D eigenvalue weighted by atomic mass is 10.4. The van der Waals surface area contributed by atoms with Crippen LogP contribution >= 0.6 is 0 Å². The number of hydrogen-bond donors (Lipinski definition) is 2. The van der Waals surface area contributed by atoms with Gasteiger partial charge >= 0.3 is 0 Å². The van der Waals surface area contributed by atoms with Gasteiger partial charge in [-0.1, -0.05) is 0 Å². The Labute approximate surface area is 103 Å². The van der Waals surface area contributed by atoms with Crippen molar-refractivity contribution in [1.29, 1.82) is 0 Å². The molecule has 1 rings (SSSR count). The molecule has 0 radical (unpaired) electrons. The van der Waals surface area contributed by atoms with Crippen molar-refractivity contribution in [3.63, 3.8) is 0 Å². The molecule has 96 valence electrons. The fourth-order valence-electron chi connectivity index (χ4n) is 1.36. The number of hydrogen-bond acceptors (Lipinski definition) is 5. The molecule has 1 aromatic rings. The first-order chi connectivity index (χ1) is 8.38. The van der Waals surface area contributed by atoms with E-state index in [2.05, 4.69) is 15.6 Å². The Morgan fingerprint density at radius 1 is 1.29 bits per heavy atom. The second-order valence-corrected chi connectivity index (χ2v) is 3.45. The van der Waals surface area contributed by atoms with Crippen LogP contribution in [-0.4, -0.2) is 44.9 Å². The Kier molecular flexibility index (Phi) is 7.09. The van der Waals surface area contributed by atoms with E-state index >= 15 is 0 Å². The number of nitrogens with zero attached hydrogens (tertiary/aromatic N) is 1. The van der Waals surface area contributed by atoms with Crippen LogP contribution in [0.3, 0.4) is 0 Å². The standard InChI is InChI=1S/C12H21N3O2/c1-3-17-11-5-4-6-14-12(11)15-8-7-13-9-10-16-2/h4-6,13H,3,7-10H2,1-2H3,(H,14,15). The molecule has 0 aliphatic rings. The fourth-order valence-corrected chi connectivity index (χ4v) is 1.36. The molecule has 0 amide bonds. The van der Waals surface area contributed by atoms with Crippen molar-refractivity contribution < 1.29 is 9.47 Å². The van der Waals surface area contributed by atoms with E-state index in [0.29, 0.717) is 6.61 Å². The molecule has 0 bridgehead atoms. The number of anilines is 1. The van der Waals surface area contributed by atoms with Crippen LogP contribution in [0.25, 0.3) is 0 Å². The summed E-state index contributed by atoms with van der Waals surface area (Å²) in [5.74, 6) is 1.59. The van der Waals surface area contributed by atoms with Gasteiger partial charge in [-0.05, 0) is 19.1 Å². The normalized spacial score (nSPS) is 10.2. The molecule has 0 aliphatic carbocycles. The molecule has 2 N–H and O–H groups in total. The minimum absolute atomic E-state index is 0.645. The zero-order valence-electron chi connectivity index (χ0n) is 10.5. The highest BCUT2D eigenvalue weighted by Crippen LogP contribution is 2.19. The van der Waals surface area contributed by atoms with Gasteiger partial charge in [0.2, 0.25) is 0 Å². The molecular weight excluding hydrogens is 218 g/mol. The molecule has 1 aromatic heterocycles. The van der Waals surface area contributed by atoms with Crippen LogP contribution in [0.2, 0.25) is 0 Å². The van der Waals surface area contributed by atoms with Crippen molar-refractivity contribution >= 4 is 5.82 Å². The van der Waals surface area contributed by atoms with Crippen molar-refractivity contribution in [2.24, 2.45) is 0 Å². The van der Waals surface area contributed by atoms with Gasteiger partial charge in [-0.3, -0.25) is 0 Å². The van der Waals surface area contributed by atoms with Crippen molar-refractivity contribution in [3.8, 4) is 5.75 Å². The zero-order valence-corrected chi connectivity index (χ0v) is 10.5. The third-order valence-electron chi connectivity index (χ3n) is 2.15. The summed E-state index contributed by atoms with van der Waals surface area (Å²) in [4.78, 5) is 4.24. The minimum Gasteiger partial charge on any atom is -0.490 e. The SMILES string of the molecule is CCOc1cccnc1NCCNCCOC. The van der Waals surface area contributed by atoms with Gasteiger partial charge in [0.1, 0.15) is 0 Å². The fraction of sp³-hybridized carbons (Fsp3) is 0.583. The Balaban J connectivity index is 2.25. The first kappa shape index (κ1) is 13.7. The maximum atomic E-state index is 5.47. The average Bonchev–Trinajstić information content (AvgIpc) is 2.36. The molecule has 0 spiro atoms. The Morgan fingerprint density at radius 3 is 2.94 bits per heavy atom. The molecular formula is C12H21N3O2. The largest absolute Gasteiger partial charge is 0.490 e. The van der Waals surface area contributed by atoms with Gasteiger partial charge in [-0.2, -0.15) is 0 Å². The van der Waals surface area contributed by atoms with Gasteiger partial charge < -0.3 is 20.1 Å².